The zero-order chi connectivity index (χ0) is 24.6. The van der Waals surface area contributed by atoms with Crippen molar-refractivity contribution in [1.29, 1.82) is 0 Å². The normalized spacial score (nSPS) is 24.8. The van der Waals surface area contributed by atoms with E-state index in [1.165, 1.54) is 6.33 Å². The smallest absolute Gasteiger partial charge is 0.146 e. The summed E-state index contributed by atoms with van der Waals surface area (Å²) < 4.78 is 8.22. The molecule has 2 aliphatic rings. The van der Waals surface area contributed by atoms with Gasteiger partial charge in [-0.15, -0.1) is 0 Å². The number of likely N-dealkylation sites (tertiary alicyclic amines) is 1. The molecule has 2 aromatic heterocycles. The van der Waals surface area contributed by atoms with Crippen molar-refractivity contribution in [3.8, 4) is 22.6 Å². The Bertz CT molecular complexity index is 1320. The van der Waals surface area contributed by atoms with Crippen LogP contribution in [0.5, 0.6) is 11.5 Å². The Labute approximate surface area is 210 Å². The van der Waals surface area contributed by atoms with Gasteiger partial charge >= 0.3 is 0 Å². The Kier molecular flexibility index (Phi) is 6.08. The average molecular weight is 486 g/mol. The summed E-state index contributed by atoms with van der Waals surface area (Å²) in [5.74, 6) is 2.05. The Morgan fingerprint density at radius 1 is 0.806 bits per heavy atom. The molecule has 0 amide bonds. The first-order valence-corrected chi connectivity index (χ1v) is 12.6. The lowest BCUT2D eigenvalue weighted by molar-refractivity contribution is 0.0572. The first-order chi connectivity index (χ1) is 17.6. The topological polar surface area (TPSA) is 110 Å². The van der Waals surface area contributed by atoms with E-state index in [9.17, 15) is 10.2 Å². The van der Waals surface area contributed by atoms with Gasteiger partial charge in [0.15, 0.2) is 0 Å². The number of benzene rings is 2. The number of nitrogens with zero attached hydrogens (tertiary/aromatic N) is 4. The summed E-state index contributed by atoms with van der Waals surface area (Å²) in [6.07, 6.45) is 6.47. The van der Waals surface area contributed by atoms with Crippen LogP contribution >= 0.6 is 0 Å². The van der Waals surface area contributed by atoms with Crippen molar-refractivity contribution in [3.05, 3.63) is 67.1 Å². The monoisotopic (exact) mass is 485 g/mol. The zero-order valence-corrected chi connectivity index (χ0v) is 20.1. The lowest BCUT2D eigenvalue weighted by atomic mass is 9.90. The summed E-state index contributed by atoms with van der Waals surface area (Å²) in [4.78, 5) is 11.1. The molecule has 1 saturated heterocycles. The van der Waals surface area contributed by atoms with Crippen LogP contribution in [0.15, 0.2) is 67.1 Å². The summed E-state index contributed by atoms with van der Waals surface area (Å²) >= 11 is 0. The fourth-order valence-corrected chi connectivity index (χ4v) is 5.73. The van der Waals surface area contributed by atoms with Gasteiger partial charge in [0, 0.05) is 36.9 Å². The number of anilines is 1. The second-order valence-electron chi connectivity index (χ2n) is 9.90. The molecule has 36 heavy (non-hydrogen) atoms. The third-order valence-corrected chi connectivity index (χ3v) is 7.65. The molecule has 1 aliphatic heterocycles. The van der Waals surface area contributed by atoms with Gasteiger partial charge in [0.05, 0.1) is 17.6 Å². The molecule has 4 N–H and O–H groups in total. The highest BCUT2D eigenvalue weighted by Gasteiger charge is 2.36. The number of hydrogen-bond donors (Lipinski definition) is 3. The minimum Gasteiger partial charge on any atom is -0.457 e. The number of hydrogen-bond acceptors (Lipinski definition) is 7. The largest absolute Gasteiger partial charge is 0.457 e. The molecule has 0 radical (unpaired) electrons. The summed E-state index contributed by atoms with van der Waals surface area (Å²) in [6, 6.07) is 18.5. The molecular formula is C28H31N5O3. The number of fused-ring (bicyclic) bond motifs is 1. The van der Waals surface area contributed by atoms with Crippen LogP contribution in [0.2, 0.25) is 0 Å². The van der Waals surface area contributed by atoms with E-state index in [1.54, 1.807) is 0 Å². The molecule has 186 valence electrons. The van der Waals surface area contributed by atoms with E-state index in [-0.39, 0.29) is 0 Å². The highest BCUT2D eigenvalue weighted by Crippen LogP contribution is 2.39. The van der Waals surface area contributed by atoms with E-state index in [0.717, 1.165) is 59.3 Å². The molecule has 1 saturated carbocycles. The van der Waals surface area contributed by atoms with Crippen LogP contribution in [-0.2, 0) is 0 Å². The van der Waals surface area contributed by atoms with Gasteiger partial charge in [-0.05, 0) is 55.5 Å². The molecule has 6 rings (SSSR count). The van der Waals surface area contributed by atoms with Crippen molar-refractivity contribution in [2.75, 3.05) is 18.8 Å². The van der Waals surface area contributed by atoms with Gasteiger partial charge in [0.25, 0.3) is 0 Å². The van der Waals surface area contributed by atoms with Crippen LogP contribution in [0.3, 0.4) is 0 Å². The average Bonchev–Trinajstić information content (AvgIpc) is 3.46. The molecule has 8 heteroatoms. The van der Waals surface area contributed by atoms with E-state index in [2.05, 4.69) is 25.6 Å². The predicted molar refractivity (Wildman–Crippen MR) is 139 cm³/mol. The maximum absolute atomic E-state index is 9.95. The molecule has 2 fully saturated rings. The lowest BCUT2D eigenvalue weighted by Crippen LogP contribution is -2.37. The number of nitrogens with two attached hydrogens (primary N) is 1. The molecular weight excluding hydrogens is 454 g/mol. The number of nitrogen functional groups attached to an aromatic ring is 1. The highest BCUT2D eigenvalue weighted by atomic mass is 16.5. The van der Waals surface area contributed by atoms with E-state index < -0.39 is 12.2 Å². The first-order valence-electron chi connectivity index (χ1n) is 12.6. The first kappa shape index (κ1) is 23.0. The molecule has 8 nitrogen and oxygen atoms in total. The van der Waals surface area contributed by atoms with Gasteiger partial charge in [0.1, 0.15) is 29.3 Å². The molecule has 4 aromatic rings. The molecule has 2 aromatic carbocycles. The number of aromatic nitrogens is 3. The molecule has 1 aliphatic carbocycles. The van der Waals surface area contributed by atoms with Crippen molar-refractivity contribution >= 4 is 16.9 Å². The highest BCUT2D eigenvalue weighted by molar-refractivity contribution is 6.00. The number of para-hydroxylation sites is 1. The van der Waals surface area contributed by atoms with Crippen LogP contribution in [-0.4, -0.2) is 61.0 Å². The molecule has 0 spiro atoms. The van der Waals surface area contributed by atoms with Crippen molar-refractivity contribution < 1.29 is 14.9 Å². The van der Waals surface area contributed by atoms with Gasteiger partial charge in [0.2, 0.25) is 0 Å². The quantitative estimate of drug-likeness (QED) is 0.392. The van der Waals surface area contributed by atoms with Crippen LogP contribution < -0.4 is 10.5 Å². The van der Waals surface area contributed by atoms with Crippen molar-refractivity contribution in [3.63, 3.8) is 0 Å². The van der Waals surface area contributed by atoms with E-state index >= 15 is 0 Å². The number of ether oxygens (including phenoxy) is 1. The second kappa shape index (κ2) is 9.54. The Balaban J connectivity index is 1.25. The minimum absolute atomic E-state index is 0.310. The Morgan fingerprint density at radius 2 is 1.44 bits per heavy atom. The van der Waals surface area contributed by atoms with Crippen molar-refractivity contribution in [2.24, 2.45) is 0 Å². The van der Waals surface area contributed by atoms with Gasteiger partial charge in [-0.1, -0.05) is 30.3 Å². The third kappa shape index (κ3) is 4.32. The standard InChI is InChI=1S/C28H31N5O3/c29-27-26-23(18-6-12-22(13-7-18)36-21-4-2-1-3-5-21)14-33(28(26)31-17-30-27)20-10-8-19(9-11-20)32-15-24(34)25(35)16-32/h1-7,12-14,17,19-20,24-25,34-35H,8-11,15-16H2,(H2,29,30,31)/t19?,20?,24-,25+. The fourth-order valence-electron chi connectivity index (χ4n) is 5.73. The van der Waals surface area contributed by atoms with E-state index in [4.69, 9.17) is 10.5 Å². The van der Waals surface area contributed by atoms with Crippen LogP contribution in [0.1, 0.15) is 31.7 Å². The van der Waals surface area contributed by atoms with E-state index in [0.29, 0.717) is 31.0 Å². The van der Waals surface area contributed by atoms with Crippen molar-refractivity contribution in [2.45, 2.75) is 50.0 Å². The maximum atomic E-state index is 9.95. The van der Waals surface area contributed by atoms with Gasteiger partial charge in [-0.3, -0.25) is 4.90 Å². The lowest BCUT2D eigenvalue weighted by Gasteiger charge is -2.35. The maximum Gasteiger partial charge on any atom is 0.146 e. The van der Waals surface area contributed by atoms with Gasteiger partial charge < -0.3 is 25.3 Å². The third-order valence-electron chi connectivity index (χ3n) is 7.65. The van der Waals surface area contributed by atoms with Crippen LogP contribution in [0, 0.1) is 0 Å². The number of rotatable bonds is 5. The predicted octanol–water partition coefficient (Wildman–Crippen LogP) is 3.99. The Morgan fingerprint density at radius 3 is 2.14 bits per heavy atom. The van der Waals surface area contributed by atoms with E-state index in [1.807, 2.05) is 54.6 Å². The molecule has 0 bridgehead atoms. The van der Waals surface area contributed by atoms with Crippen molar-refractivity contribution in [1.82, 2.24) is 19.4 Å². The summed E-state index contributed by atoms with van der Waals surface area (Å²) in [5, 5.41) is 20.8. The van der Waals surface area contributed by atoms with Gasteiger partial charge in [-0.2, -0.15) is 0 Å². The molecule has 0 unspecified atom stereocenters. The molecule has 2 atom stereocenters. The Hall–Kier alpha value is -3.46. The van der Waals surface area contributed by atoms with Gasteiger partial charge in [-0.25, -0.2) is 9.97 Å². The zero-order valence-electron chi connectivity index (χ0n) is 20.1. The fraction of sp³-hybridized carbons (Fsp3) is 0.357. The number of aliphatic hydroxyl groups excluding tert-OH is 2. The number of aliphatic hydroxyl groups is 2. The summed E-state index contributed by atoms with van der Waals surface area (Å²) in [5.41, 5.74) is 9.27. The molecule has 3 heterocycles. The van der Waals surface area contributed by atoms with Crippen LogP contribution in [0.25, 0.3) is 22.2 Å². The summed E-state index contributed by atoms with van der Waals surface area (Å²) in [7, 11) is 0. The van der Waals surface area contributed by atoms with Crippen LogP contribution in [0.4, 0.5) is 5.82 Å². The second-order valence-corrected chi connectivity index (χ2v) is 9.90. The summed E-state index contributed by atoms with van der Waals surface area (Å²) in [6.45, 7) is 1.11. The minimum atomic E-state index is -0.636. The number of β-amino-alcohol motifs (C(OH)–C–C–N with tert-alkyl or cyclic N) is 2. The SMILES string of the molecule is Nc1ncnc2c1c(-c1ccc(Oc3ccccc3)cc1)cn2C1CCC(N2C[C@@H](O)[C@@H](O)C2)CC1.